The van der Waals surface area contributed by atoms with E-state index in [9.17, 15) is 0 Å². The molecule has 2 atom stereocenters. The first-order valence-corrected chi connectivity index (χ1v) is 3.88. The van der Waals surface area contributed by atoms with Crippen LogP contribution in [0.4, 0.5) is 0 Å². The lowest BCUT2D eigenvalue weighted by atomic mass is 10.2. The summed E-state index contributed by atoms with van der Waals surface area (Å²) in [6.07, 6.45) is 1.45. The van der Waals surface area contributed by atoms with Gasteiger partial charge < -0.3 is 22.9 Å². The number of nitrogens with one attached hydrogen (secondary N) is 1. The van der Waals surface area contributed by atoms with E-state index in [1.807, 2.05) is 0 Å². The predicted molar refractivity (Wildman–Crippen MR) is 46.4 cm³/mol. The Labute approximate surface area is 67.5 Å². The summed E-state index contributed by atoms with van der Waals surface area (Å²) in [5.41, 5.74) is 21.7. The van der Waals surface area contributed by atoms with E-state index in [0.717, 1.165) is 12.8 Å². The molecule has 0 radical (unpaired) electrons. The molecular formula is C6H19N5. The molecule has 0 spiro atoms. The topological polar surface area (TPSA) is 116 Å². The smallest absolute Gasteiger partial charge is 0.0684 e. The fourth-order valence-electron chi connectivity index (χ4n) is 0.764. The second-order valence-electron chi connectivity index (χ2n) is 2.55. The van der Waals surface area contributed by atoms with E-state index in [-0.39, 0.29) is 12.3 Å². The summed E-state index contributed by atoms with van der Waals surface area (Å²) in [5, 5.41) is 2.94. The minimum absolute atomic E-state index is 0.0860. The van der Waals surface area contributed by atoms with Gasteiger partial charge in [-0.05, 0) is 19.4 Å². The zero-order valence-corrected chi connectivity index (χ0v) is 6.79. The Morgan fingerprint density at radius 2 is 1.73 bits per heavy atom. The van der Waals surface area contributed by atoms with E-state index in [2.05, 4.69) is 5.32 Å². The molecule has 5 nitrogen and oxygen atoms in total. The molecule has 0 aromatic heterocycles. The molecule has 0 rings (SSSR count). The third kappa shape index (κ3) is 6.21. The quantitative estimate of drug-likeness (QED) is 0.285. The lowest BCUT2D eigenvalue weighted by Crippen LogP contribution is -2.52. The fourth-order valence-corrected chi connectivity index (χ4v) is 0.764. The Morgan fingerprint density at radius 3 is 2.18 bits per heavy atom. The highest BCUT2D eigenvalue weighted by Gasteiger charge is 2.04. The molecular weight excluding hydrogens is 142 g/mol. The van der Waals surface area contributed by atoms with Gasteiger partial charge in [-0.2, -0.15) is 0 Å². The number of hydrogen-bond donors (Lipinski definition) is 5. The second-order valence-corrected chi connectivity index (χ2v) is 2.55. The Bertz CT molecular complexity index is 87.0. The Balaban J connectivity index is 3.27. The standard InChI is InChI=1S/C6H19N5/c7-3-1-2-5(9)11-6(10)4-8/h5-6,11H,1-4,7-10H2. The number of rotatable bonds is 6. The Hall–Kier alpha value is -0.200. The van der Waals surface area contributed by atoms with E-state index < -0.39 is 0 Å². The maximum Gasteiger partial charge on any atom is 0.0684 e. The minimum atomic E-state index is -0.206. The van der Waals surface area contributed by atoms with Gasteiger partial charge in [0.1, 0.15) is 0 Å². The summed E-state index contributed by atoms with van der Waals surface area (Å²) in [4.78, 5) is 0. The Kier molecular flexibility index (Phi) is 6.39. The van der Waals surface area contributed by atoms with Gasteiger partial charge >= 0.3 is 0 Å². The first-order valence-electron chi connectivity index (χ1n) is 3.88. The van der Waals surface area contributed by atoms with Crippen molar-refractivity contribution < 1.29 is 0 Å². The molecule has 0 aromatic rings. The molecule has 0 saturated heterocycles. The first kappa shape index (κ1) is 10.8. The third-order valence-electron chi connectivity index (χ3n) is 1.40. The van der Waals surface area contributed by atoms with Crippen LogP contribution in [0.25, 0.3) is 0 Å². The minimum Gasteiger partial charge on any atom is -0.330 e. The highest BCUT2D eigenvalue weighted by molar-refractivity contribution is 4.65. The van der Waals surface area contributed by atoms with E-state index >= 15 is 0 Å². The van der Waals surface area contributed by atoms with Crippen molar-refractivity contribution in [3.63, 3.8) is 0 Å². The van der Waals surface area contributed by atoms with Gasteiger partial charge in [0.2, 0.25) is 0 Å². The van der Waals surface area contributed by atoms with Crippen LogP contribution in [-0.4, -0.2) is 25.4 Å². The van der Waals surface area contributed by atoms with Crippen LogP contribution in [0.15, 0.2) is 0 Å². The molecule has 0 bridgehead atoms. The van der Waals surface area contributed by atoms with Crippen molar-refractivity contribution in [2.75, 3.05) is 13.1 Å². The average molecular weight is 161 g/mol. The Morgan fingerprint density at radius 1 is 1.09 bits per heavy atom. The summed E-state index contributed by atoms with van der Waals surface area (Å²) >= 11 is 0. The van der Waals surface area contributed by atoms with Crippen LogP contribution in [0.5, 0.6) is 0 Å². The van der Waals surface area contributed by atoms with Gasteiger partial charge in [-0.3, -0.25) is 5.32 Å². The lowest BCUT2D eigenvalue weighted by molar-refractivity contribution is 0.419. The number of nitrogens with two attached hydrogens (primary N) is 4. The SMILES string of the molecule is NCCCC(N)NC(N)CN. The van der Waals surface area contributed by atoms with Gasteiger partial charge in [-0.15, -0.1) is 0 Å². The maximum absolute atomic E-state index is 5.63. The van der Waals surface area contributed by atoms with Gasteiger partial charge in [-0.25, -0.2) is 0 Å². The molecule has 2 unspecified atom stereocenters. The van der Waals surface area contributed by atoms with Gasteiger partial charge in [0.25, 0.3) is 0 Å². The maximum atomic E-state index is 5.63. The molecule has 0 amide bonds. The molecule has 9 N–H and O–H groups in total. The van der Waals surface area contributed by atoms with Crippen molar-refractivity contribution in [2.45, 2.75) is 25.2 Å². The largest absolute Gasteiger partial charge is 0.330 e. The normalized spacial score (nSPS) is 16.4. The monoisotopic (exact) mass is 161 g/mol. The summed E-state index contributed by atoms with van der Waals surface area (Å²) < 4.78 is 0. The van der Waals surface area contributed by atoms with Crippen molar-refractivity contribution in [1.82, 2.24) is 5.32 Å². The van der Waals surface area contributed by atoms with Gasteiger partial charge in [0.05, 0.1) is 12.3 Å². The third-order valence-corrected chi connectivity index (χ3v) is 1.40. The summed E-state index contributed by atoms with van der Waals surface area (Å²) in [7, 11) is 0. The fraction of sp³-hybridized carbons (Fsp3) is 1.00. The zero-order chi connectivity index (χ0) is 8.69. The summed E-state index contributed by atoms with van der Waals surface area (Å²) in [6.45, 7) is 1.06. The van der Waals surface area contributed by atoms with Crippen LogP contribution < -0.4 is 28.3 Å². The van der Waals surface area contributed by atoms with Crippen LogP contribution in [0.1, 0.15) is 12.8 Å². The molecule has 0 heterocycles. The molecule has 0 aliphatic carbocycles. The van der Waals surface area contributed by atoms with Crippen molar-refractivity contribution >= 4 is 0 Å². The highest BCUT2D eigenvalue weighted by atomic mass is 15.1. The second kappa shape index (κ2) is 6.51. The molecule has 0 saturated carbocycles. The van der Waals surface area contributed by atoms with Crippen LogP contribution in [-0.2, 0) is 0 Å². The molecule has 5 heteroatoms. The van der Waals surface area contributed by atoms with Crippen molar-refractivity contribution in [3.8, 4) is 0 Å². The van der Waals surface area contributed by atoms with E-state index in [0.29, 0.717) is 13.1 Å². The molecule has 11 heavy (non-hydrogen) atoms. The molecule has 68 valence electrons. The number of hydrogen-bond acceptors (Lipinski definition) is 5. The zero-order valence-electron chi connectivity index (χ0n) is 6.79. The van der Waals surface area contributed by atoms with Gasteiger partial charge in [-0.1, -0.05) is 0 Å². The van der Waals surface area contributed by atoms with E-state index in [1.54, 1.807) is 0 Å². The van der Waals surface area contributed by atoms with Crippen LogP contribution >= 0.6 is 0 Å². The summed E-state index contributed by atoms with van der Waals surface area (Å²) in [5.74, 6) is 0. The van der Waals surface area contributed by atoms with Crippen molar-refractivity contribution in [2.24, 2.45) is 22.9 Å². The first-order chi connectivity index (χ1) is 5.20. The summed E-state index contributed by atoms with van der Waals surface area (Å²) in [6, 6.07) is 0. The van der Waals surface area contributed by atoms with Crippen molar-refractivity contribution in [1.29, 1.82) is 0 Å². The van der Waals surface area contributed by atoms with Crippen LogP contribution in [0.3, 0.4) is 0 Å². The molecule has 0 aliphatic heterocycles. The molecule has 0 aliphatic rings. The lowest BCUT2D eigenvalue weighted by Gasteiger charge is -2.17. The molecule has 0 aromatic carbocycles. The van der Waals surface area contributed by atoms with Crippen LogP contribution in [0.2, 0.25) is 0 Å². The highest BCUT2D eigenvalue weighted by Crippen LogP contribution is 1.88. The van der Waals surface area contributed by atoms with E-state index in [4.69, 9.17) is 22.9 Å². The van der Waals surface area contributed by atoms with Gasteiger partial charge in [0, 0.05) is 6.54 Å². The average Bonchev–Trinajstić information content (AvgIpc) is 2.00. The van der Waals surface area contributed by atoms with Gasteiger partial charge in [0.15, 0.2) is 0 Å². The van der Waals surface area contributed by atoms with Crippen LogP contribution in [0, 0.1) is 0 Å². The predicted octanol–water partition coefficient (Wildman–Crippen LogP) is -2.16. The van der Waals surface area contributed by atoms with Crippen molar-refractivity contribution in [3.05, 3.63) is 0 Å². The van der Waals surface area contributed by atoms with E-state index in [1.165, 1.54) is 0 Å². The molecule has 0 fully saturated rings.